The van der Waals surface area contributed by atoms with E-state index in [1.54, 1.807) is 0 Å². The molecule has 1 aromatic heterocycles. The van der Waals surface area contributed by atoms with Crippen LogP contribution in [0.2, 0.25) is 0 Å². The number of carbonyl (C=O) groups is 1. The van der Waals surface area contributed by atoms with E-state index in [0.717, 1.165) is 58.5 Å². The Kier molecular flexibility index (Phi) is 6.30. The number of thiophene rings is 1. The first-order valence-corrected chi connectivity index (χ1v) is 9.55. The van der Waals surface area contributed by atoms with Gasteiger partial charge in [-0.15, -0.1) is 11.3 Å². The Balaban J connectivity index is 1.27. The minimum atomic E-state index is -0.0542. The van der Waals surface area contributed by atoms with Crippen LogP contribution in [0.4, 0.5) is 4.79 Å². The predicted molar refractivity (Wildman–Crippen MR) is 92.7 cm³/mol. The molecule has 0 radical (unpaired) electrons. The third-order valence-corrected chi connectivity index (χ3v) is 5.59. The van der Waals surface area contributed by atoms with Crippen molar-refractivity contribution in [3.63, 3.8) is 0 Å². The maximum atomic E-state index is 11.8. The summed E-state index contributed by atoms with van der Waals surface area (Å²) in [6.45, 7) is 5.57. The molecule has 5 nitrogen and oxygen atoms in total. The van der Waals surface area contributed by atoms with Crippen LogP contribution >= 0.6 is 11.3 Å². The van der Waals surface area contributed by atoms with E-state index in [9.17, 15) is 4.79 Å². The summed E-state index contributed by atoms with van der Waals surface area (Å²) in [6, 6.07) is 4.27. The fraction of sp³-hybridized carbons (Fsp3) is 0.706. The van der Waals surface area contributed by atoms with Crippen molar-refractivity contribution in [2.75, 3.05) is 32.8 Å². The fourth-order valence-electron chi connectivity index (χ4n) is 3.28. The molecule has 0 spiro atoms. The van der Waals surface area contributed by atoms with Crippen LogP contribution in [0.1, 0.15) is 30.6 Å². The molecule has 0 aromatic carbocycles. The second-order valence-corrected chi connectivity index (χ2v) is 7.56. The van der Waals surface area contributed by atoms with Gasteiger partial charge in [-0.1, -0.05) is 6.07 Å². The Labute approximate surface area is 142 Å². The van der Waals surface area contributed by atoms with Crippen LogP contribution in [0.3, 0.4) is 0 Å². The zero-order valence-electron chi connectivity index (χ0n) is 13.6. The molecule has 0 bridgehead atoms. The fourth-order valence-corrected chi connectivity index (χ4v) is 4.03. The number of piperidine rings is 1. The molecule has 2 aliphatic heterocycles. The molecule has 0 aliphatic carbocycles. The smallest absolute Gasteiger partial charge is 0.314 e. The van der Waals surface area contributed by atoms with Crippen molar-refractivity contribution in [2.24, 2.45) is 5.92 Å². The molecule has 23 heavy (non-hydrogen) atoms. The van der Waals surface area contributed by atoms with E-state index in [-0.39, 0.29) is 12.1 Å². The first-order chi connectivity index (χ1) is 11.3. The van der Waals surface area contributed by atoms with Gasteiger partial charge in [0, 0.05) is 31.1 Å². The first kappa shape index (κ1) is 16.7. The molecule has 2 aliphatic rings. The van der Waals surface area contributed by atoms with Gasteiger partial charge in [0.2, 0.25) is 0 Å². The highest BCUT2D eigenvalue weighted by Gasteiger charge is 2.20. The number of nitrogens with one attached hydrogen (secondary N) is 2. The molecule has 6 heteroatoms. The Hall–Kier alpha value is -1.11. The second-order valence-electron chi connectivity index (χ2n) is 6.52. The molecule has 128 valence electrons. The molecule has 3 heterocycles. The zero-order chi connectivity index (χ0) is 15.9. The predicted octanol–water partition coefficient (Wildman–Crippen LogP) is 2.44. The summed E-state index contributed by atoms with van der Waals surface area (Å²) in [4.78, 5) is 15.8. The minimum absolute atomic E-state index is 0.0542. The van der Waals surface area contributed by atoms with E-state index in [1.165, 1.54) is 4.88 Å². The summed E-state index contributed by atoms with van der Waals surface area (Å²) in [5.74, 6) is 0.600. The Morgan fingerprint density at radius 2 is 2.09 bits per heavy atom. The molecule has 1 atom stereocenters. The number of likely N-dealkylation sites (tertiary alicyclic amines) is 1. The van der Waals surface area contributed by atoms with Gasteiger partial charge in [-0.3, -0.25) is 4.90 Å². The van der Waals surface area contributed by atoms with Crippen LogP contribution in [-0.4, -0.2) is 49.8 Å². The summed E-state index contributed by atoms with van der Waals surface area (Å²) in [6.07, 6.45) is 4.71. The molecule has 2 saturated heterocycles. The van der Waals surface area contributed by atoms with E-state index < -0.39 is 0 Å². The molecule has 1 aromatic rings. The first-order valence-electron chi connectivity index (χ1n) is 8.67. The molecule has 1 unspecified atom stereocenters. The number of rotatable bonds is 6. The average molecular weight is 337 g/mol. The molecular formula is C17H27N3O2S. The zero-order valence-corrected chi connectivity index (χ0v) is 14.4. The normalized spacial score (nSPS) is 23.0. The van der Waals surface area contributed by atoms with Crippen molar-refractivity contribution in [3.8, 4) is 0 Å². The van der Waals surface area contributed by atoms with E-state index in [0.29, 0.717) is 12.5 Å². The van der Waals surface area contributed by atoms with Gasteiger partial charge in [-0.05, 0) is 56.1 Å². The number of amides is 2. The Morgan fingerprint density at radius 3 is 2.78 bits per heavy atom. The van der Waals surface area contributed by atoms with Gasteiger partial charge < -0.3 is 15.4 Å². The van der Waals surface area contributed by atoms with E-state index >= 15 is 0 Å². The highest BCUT2D eigenvalue weighted by molar-refractivity contribution is 7.09. The minimum Gasteiger partial charge on any atom is -0.376 e. The van der Waals surface area contributed by atoms with E-state index in [2.05, 4.69) is 33.0 Å². The second kappa shape index (κ2) is 8.66. The van der Waals surface area contributed by atoms with Crippen molar-refractivity contribution in [2.45, 2.75) is 38.3 Å². The number of nitrogens with zero attached hydrogens (tertiary/aromatic N) is 1. The van der Waals surface area contributed by atoms with Crippen LogP contribution in [0.5, 0.6) is 0 Å². The summed E-state index contributed by atoms with van der Waals surface area (Å²) in [5, 5.41) is 8.07. The topological polar surface area (TPSA) is 53.6 Å². The van der Waals surface area contributed by atoms with E-state index in [4.69, 9.17) is 4.74 Å². The highest BCUT2D eigenvalue weighted by Crippen LogP contribution is 2.20. The maximum absolute atomic E-state index is 11.8. The molecule has 0 saturated carbocycles. The SMILES string of the molecule is O=C(NCC1CCN(Cc2cccs2)CC1)NCC1CCCO1. The van der Waals surface area contributed by atoms with Crippen LogP contribution in [0.25, 0.3) is 0 Å². The number of hydrogen-bond donors (Lipinski definition) is 2. The summed E-state index contributed by atoms with van der Waals surface area (Å²) < 4.78 is 5.51. The van der Waals surface area contributed by atoms with Gasteiger partial charge in [-0.25, -0.2) is 4.79 Å². The highest BCUT2D eigenvalue weighted by atomic mass is 32.1. The average Bonchev–Trinajstić information content (AvgIpc) is 3.26. The number of hydrogen-bond acceptors (Lipinski definition) is 4. The molecule has 2 N–H and O–H groups in total. The Morgan fingerprint density at radius 1 is 1.26 bits per heavy atom. The van der Waals surface area contributed by atoms with Gasteiger partial charge in [0.15, 0.2) is 0 Å². The van der Waals surface area contributed by atoms with Crippen LogP contribution in [0, 0.1) is 5.92 Å². The lowest BCUT2D eigenvalue weighted by Crippen LogP contribution is -2.43. The van der Waals surface area contributed by atoms with Crippen LogP contribution in [-0.2, 0) is 11.3 Å². The number of ether oxygens (including phenoxy) is 1. The van der Waals surface area contributed by atoms with Gasteiger partial charge in [0.25, 0.3) is 0 Å². The molecule has 3 rings (SSSR count). The lowest BCUT2D eigenvalue weighted by Gasteiger charge is -2.31. The van der Waals surface area contributed by atoms with E-state index in [1.807, 2.05) is 11.3 Å². The van der Waals surface area contributed by atoms with Gasteiger partial charge >= 0.3 is 6.03 Å². The van der Waals surface area contributed by atoms with Crippen LogP contribution in [0.15, 0.2) is 17.5 Å². The summed E-state index contributed by atoms with van der Waals surface area (Å²) in [5.41, 5.74) is 0. The van der Waals surface area contributed by atoms with Crippen LogP contribution < -0.4 is 10.6 Å². The molecule has 2 amide bonds. The number of urea groups is 1. The third-order valence-electron chi connectivity index (χ3n) is 4.73. The summed E-state index contributed by atoms with van der Waals surface area (Å²) in [7, 11) is 0. The maximum Gasteiger partial charge on any atom is 0.314 e. The van der Waals surface area contributed by atoms with Crippen molar-refractivity contribution < 1.29 is 9.53 Å². The Bertz CT molecular complexity index is 466. The van der Waals surface area contributed by atoms with Crippen molar-refractivity contribution in [3.05, 3.63) is 22.4 Å². The molecule has 2 fully saturated rings. The monoisotopic (exact) mass is 337 g/mol. The van der Waals surface area contributed by atoms with Gasteiger partial charge in [0.1, 0.15) is 0 Å². The largest absolute Gasteiger partial charge is 0.376 e. The standard InChI is InChI=1S/C17H27N3O2S/c21-17(19-12-15-3-1-9-22-15)18-11-14-5-7-20(8-6-14)13-16-4-2-10-23-16/h2,4,10,14-15H,1,3,5-9,11-13H2,(H2,18,19,21). The number of carbonyl (C=O) groups excluding carboxylic acids is 1. The quantitative estimate of drug-likeness (QED) is 0.838. The van der Waals surface area contributed by atoms with Crippen molar-refractivity contribution in [1.29, 1.82) is 0 Å². The molecular weight excluding hydrogens is 310 g/mol. The van der Waals surface area contributed by atoms with Gasteiger partial charge in [0.05, 0.1) is 6.10 Å². The summed E-state index contributed by atoms with van der Waals surface area (Å²) >= 11 is 1.83. The van der Waals surface area contributed by atoms with Crippen molar-refractivity contribution >= 4 is 17.4 Å². The lowest BCUT2D eigenvalue weighted by atomic mass is 9.97. The lowest BCUT2D eigenvalue weighted by molar-refractivity contribution is 0.111. The van der Waals surface area contributed by atoms with Gasteiger partial charge in [-0.2, -0.15) is 0 Å². The third kappa shape index (κ3) is 5.48. The van der Waals surface area contributed by atoms with Crippen molar-refractivity contribution in [1.82, 2.24) is 15.5 Å².